The van der Waals surface area contributed by atoms with Crippen LogP contribution in [0.3, 0.4) is 0 Å². The number of benzene rings is 1. The molecule has 0 bridgehead atoms. The number of anilines is 1. The molecule has 1 aromatic carbocycles. The zero-order valence-electron chi connectivity index (χ0n) is 13.2. The van der Waals surface area contributed by atoms with E-state index in [1.807, 2.05) is 10.6 Å². The Kier molecular flexibility index (Phi) is 3.69. The second-order valence-corrected chi connectivity index (χ2v) is 5.31. The van der Waals surface area contributed by atoms with E-state index in [2.05, 4.69) is 20.3 Å². The van der Waals surface area contributed by atoms with Crippen LogP contribution in [0.5, 0.6) is 5.75 Å². The van der Waals surface area contributed by atoms with Gasteiger partial charge in [0.05, 0.1) is 11.7 Å². The van der Waals surface area contributed by atoms with Gasteiger partial charge in [-0.2, -0.15) is 0 Å². The van der Waals surface area contributed by atoms with Crippen LogP contribution in [0.4, 0.5) is 5.82 Å². The van der Waals surface area contributed by atoms with E-state index >= 15 is 0 Å². The highest BCUT2D eigenvalue weighted by Crippen LogP contribution is 2.30. The number of rotatable bonds is 5. The van der Waals surface area contributed by atoms with E-state index < -0.39 is 12.6 Å². The zero-order chi connectivity index (χ0) is 18.1. The van der Waals surface area contributed by atoms with Crippen molar-refractivity contribution in [2.45, 2.75) is 0 Å². The maximum Gasteiger partial charge on any atom is 0.341 e. The highest BCUT2D eigenvalue weighted by Gasteiger charge is 2.20. The molecule has 0 unspecified atom stereocenters. The van der Waals surface area contributed by atoms with Crippen molar-refractivity contribution in [1.82, 2.24) is 24.8 Å². The Morgan fingerprint density at radius 2 is 2.04 bits per heavy atom. The number of carboxylic acid groups (broad SMARTS) is 1. The van der Waals surface area contributed by atoms with E-state index in [0.717, 1.165) is 11.2 Å². The molecule has 10 nitrogen and oxygen atoms in total. The van der Waals surface area contributed by atoms with Crippen molar-refractivity contribution >= 4 is 22.8 Å². The van der Waals surface area contributed by atoms with Gasteiger partial charge in [-0.3, -0.25) is 9.55 Å². The van der Waals surface area contributed by atoms with E-state index in [1.165, 1.54) is 0 Å². The van der Waals surface area contributed by atoms with Crippen LogP contribution in [0.25, 0.3) is 28.2 Å². The third-order valence-corrected chi connectivity index (χ3v) is 3.64. The number of nitrogens with two attached hydrogens (primary N) is 1. The van der Waals surface area contributed by atoms with E-state index in [9.17, 15) is 4.79 Å². The quantitative estimate of drug-likeness (QED) is 0.546. The Hall–Kier alpha value is -3.95. The minimum Gasteiger partial charge on any atom is -0.482 e. The SMILES string of the molecule is Nc1nonc1-c1nc2cnccc2n1-c1ccc(OCC(=O)O)cc1. The summed E-state index contributed by atoms with van der Waals surface area (Å²) >= 11 is 0. The molecule has 0 amide bonds. The van der Waals surface area contributed by atoms with Crippen molar-refractivity contribution in [2.24, 2.45) is 0 Å². The molecule has 130 valence electrons. The Labute approximate surface area is 145 Å². The average Bonchev–Trinajstić information content (AvgIpc) is 3.23. The summed E-state index contributed by atoms with van der Waals surface area (Å²) in [5, 5.41) is 16.1. The fourth-order valence-corrected chi connectivity index (χ4v) is 2.54. The second-order valence-electron chi connectivity index (χ2n) is 5.31. The second kappa shape index (κ2) is 6.16. The highest BCUT2D eigenvalue weighted by molar-refractivity contribution is 5.83. The number of pyridine rings is 1. The molecule has 0 radical (unpaired) electrons. The lowest BCUT2D eigenvalue weighted by atomic mass is 10.2. The van der Waals surface area contributed by atoms with E-state index in [4.69, 9.17) is 20.2 Å². The molecular formula is C16H12N6O4. The molecule has 3 aromatic heterocycles. The van der Waals surface area contributed by atoms with Gasteiger partial charge in [-0.1, -0.05) is 0 Å². The molecule has 0 saturated carbocycles. The number of nitrogen functional groups attached to an aromatic ring is 1. The van der Waals surface area contributed by atoms with Gasteiger partial charge in [-0.15, -0.1) is 0 Å². The number of aliphatic carboxylic acids is 1. The summed E-state index contributed by atoms with van der Waals surface area (Å²) in [5.74, 6) is -0.0354. The molecule has 3 heterocycles. The van der Waals surface area contributed by atoms with Gasteiger partial charge in [-0.25, -0.2) is 14.4 Å². The summed E-state index contributed by atoms with van der Waals surface area (Å²) < 4.78 is 11.7. The number of hydrogen-bond donors (Lipinski definition) is 2. The molecular weight excluding hydrogens is 340 g/mol. The number of aromatic nitrogens is 5. The predicted octanol–water partition coefficient (Wildman–Crippen LogP) is 1.52. The summed E-state index contributed by atoms with van der Waals surface area (Å²) in [6.45, 7) is -0.411. The van der Waals surface area contributed by atoms with Crippen LogP contribution in [0.2, 0.25) is 0 Å². The Balaban J connectivity index is 1.83. The lowest BCUT2D eigenvalue weighted by molar-refractivity contribution is -0.139. The molecule has 0 aliphatic heterocycles. The smallest absolute Gasteiger partial charge is 0.341 e. The van der Waals surface area contributed by atoms with Gasteiger partial charge in [0.15, 0.2) is 23.9 Å². The van der Waals surface area contributed by atoms with Gasteiger partial charge in [0.2, 0.25) is 0 Å². The van der Waals surface area contributed by atoms with Crippen molar-refractivity contribution in [2.75, 3.05) is 12.3 Å². The van der Waals surface area contributed by atoms with Crippen LogP contribution in [0.1, 0.15) is 0 Å². The largest absolute Gasteiger partial charge is 0.482 e. The number of carboxylic acids is 1. The maximum atomic E-state index is 10.6. The molecule has 0 saturated heterocycles. The zero-order valence-corrected chi connectivity index (χ0v) is 13.2. The van der Waals surface area contributed by atoms with Gasteiger partial charge < -0.3 is 15.6 Å². The molecule has 0 fully saturated rings. The Morgan fingerprint density at radius 1 is 1.23 bits per heavy atom. The molecule has 0 aliphatic carbocycles. The van der Waals surface area contributed by atoms with Gasteiger partial charge in [0, 0.05) is 11.9 Å². The highest BCUT2D eigenvalue weighted by atomic mass is 16.6. The van der Waals surface area contributed by atoms with Crippen molar-refractivity contribution in [3.63, 3.8) is 0 Å². The molecule has 0 spiro atoms. The molecule has 10 heteroatoms. The molecule has 0 aliphatic rings. The van der Waals surface area contributed by atoms with Gasteiger partial charge in [0.1, 0.15) is 11.3 Å². The summed E-state index contributed by atoms with van der Waals surface area (Å²) in [7, 11) is 0. The van der Waals surface area contributed by atoms with Crippen molar-refractivity contribution < 1.29 is 19.3 Å². The van der Waals surface area contributed by atoms with Crippen molar-refractivity contribution in [3.8, 4) is 23.0 Å². The molecule has 4 rings (SSSR count). The lowest BCUT2D eigenvalue weighted by Gasteiger charge is -2.09. The van der Waals surface area contributed by atoms with Crippen LogP contribution in [0, 0.1) is 0 Å². The van der Waals surface area contributed by atoms with Crippen molar-refractivity contribution in [3.05, 3.63) is 42.7 Å². The first-order valence-electron chi connectivity index (χ1n) is 7.49. The molecule has 3 N–H and O–H groups in total. The normalized spacial score (nSPS) is 10.9. The number of ether oxygens (including phenoxy) is 1. The first-order chi connectivity index (χ1) is 12.6. The van der Waals surface area contributed by atoms with E-state index in [-0.39, 0.29) is 5.82 Å². The minimum atomic E-state index is -1.04. The fraction of sp³-hybridized carbons (Fsp3) is 0.0625. The standard InChI is InChI=1S/C16H12N6O4/c17-15-14(20-26-21-15)16-19-11-7-18-6-5-12(11)22(16)9-1-3-10(4-2-9)25-8-13(23)24/h1-7H,8H2,(H2,17,21)(H,23,24). The van der Waals surface area contributed by atoms with Gasteiger partial charge in [-0.05, 0) is 40.6 Å². The van der Waals surface area contributed by atoms with Crippen LogP contribution in [-0.2, 0) is 4.79 Å². The predicted molar refractivity (Wildman–Crippen MR) is 89.7 cm³/mol. The fourth-order valence-electron chi connectivity index (χ4n) is 2.54. The first kappa shape index (κ1) is 15.6. The van der Waals surface area contributed by atoms with E-state index in [0.29, 0.717) is 22.8 Å². The van der Waals surface area contributed by atoms with Crippen LogP contribution >= 0.6 is 0 Å². The topological polar surface area (TPSA) is 142 Å². The number of hydrogen-bond acceptors (Lipinski definition) is 8. The maximum absolute atomic E-state index is 10.6. The number of carbonyl (C=O) groups is 1. The van der Waals surface area contributed by atoms with E-state index in [1.54, 1.807) is 36.7 Å². The van der Waals surface area contributed by atoms with Crippen LogP contribution in [0.15, 0.2) is 47.4 Å². The average molecular weight is 352 g/mol. The third-order valence-electron chi connectivity index (χ3n) is 3.64. The number of nitrogens with zero attached hydrogens (tertiary/aromatic N) is 5. The number of fused-ring (bicyclic) bond motifs is 1. The van der Waals surface area contributed by atoms with Crippen LogP contribution < -0.4 is 10.5 Å². The first-order valence-corrected chi connectivity index (χ1v) is 7.49. The number of imidazole rings is 1. The van der Waals surface area contributed by atoms with Gasteiger partial charge >= 0.3 is 5.97 Å². The minimum absolute atomic E-state index is 0.121. The monoisotopic (exact) mass is 352 g/mol. The molecule has 26 heavy (non-hydrogen) atoms. The van der Waals surface area contributed by atoms with Gasteiger partial charge in [0.25, 0.3) is 0 Å². The van der Waals surface area contributed by atoms with Crippen LogP contribution in [-0.4, -0.2) is 42.5 Å². The summed E-state index contributed by atoms with van der Waals surface area (Å²) in [6, 6.07) is 8.68. The lowest BCUT2D eigenvalue weighted by Crippen LogP contribution is -2.09. The Bertz CT molecular complexity index is 1090. The Morgan fingerprint density at radius 3 is 2.73 bits per heavy atom. The molecule has 4 aromatic rings. The summed E-state index contributed by atoms with van der Waals surface area (Å²) in [4.78, 5) is 19.2. The molecule has 0 atom stereocenters. The third kappa shape index (κ3) is 2.69. The summed E-state index contributed by atoms with van der Waals surface area (Å²) in [6.07, 6.45) is 3.28. The summed E-state index contributed by atoms with van der Waals surface area (Å²) in [5.41, 5.74) is 8.32. The van der Waals surface area contributed by atoms with Crippen molar-refractivity contribution in [1.29, 1.82) is 0 Å².